The molecule has 0 bridgehead atoms. The van der Waals surface area contributed by atoms with Gasteiger partial charge in [-0.05, 0) is 45.1 Å². The van der Waals surface area contributed by atoms with E-state index in [4.69, 9.17) is 4.74 Å². The van der Waals surface area contributed by atoms with Gasteiger partial charge in [0, 0.05) is 31.7 Å². The van der Waals surface area contributed by atoms with Crippen molar-refractivity contribution in [3.05, 3.63) is 23.8 Å². The Labute approximate surface area is 159 Å². The Morgan fingerprint density at radius 2 is 1.96 bits per heavy atom. The summed E-state index contributed by atoms with van der Waals surface area (Å²) in [6.45, 7) is 2.52. The highest BCUT2D eigenvalue weighted by atomic mass is 16.5. The van der Waals surface area contributed by atoms with E-state index >= 15 is 0 Å². The third-order valence-corrected chi connectivity index (χ3v) is 4.73. The predicted molar refractivity (Wildman–Crippen MR) is 101 cm³/mol. The fourth-order valence-corrected chi connectivity index (χ4v) is 3.23. The van der Waals surface area contributed by atoms with E-state index in [1.165, 1.54) is 4.90 Å². The summed E-state index contributed by atoms with van der Waals surface area (Å²) in [5, 5.41) is 2.80. The molecule has 0 radical (unpaired) electrons. The smallest absolute Gasteiger partial charge is 0.265 e. The van der Waals surface area contributed by atoms with Gasteiger partial charge in [-0.3, -0.25) is 19.3 Å². The summed E-state index contributed by atoms with van der Waals surface area (Å²) in [5.41, 5.74) is 0.978. The first-order valence-corrected chi connectivity index (χ1v) is 9.23. The molecule has 1 fully saturated rings. The van der Waals surface area contributed by atoms with Crippen LogP contribution in [0, 0.1) is 0 Å². The molecule has 2 aliphatic heterocycles. The van der Waals surface area contributed by atoms with Crippen LogP contribution in [0.2, 0.25) is 0 Å². The number of amides is 3. The molecule has 2 aliphatic rings. The third-order valence-electron chi connectivity index (χ3n) is 4.73. The van der Waals surface area contributed by atoms with Crippen LogP contribution in [0.4, 0.5) is 5.69 Å². The van der Waals surface area contributed by atoms with Gasteiger partial charge in [0.1, 0.15) is 12.3 Å². The van der Waals surface area contributed by atoms with E-state index in [0.29, 0.717) is 30.1 Å². The molecule has 8 nitrogen and oxygen atoms in total. The Bertz CT molecular complexity index is 728. The van der Waals surface area contributed by atoms with Crippen molar-refractivity contribution in [1.82, 2.24) is 15.1 Å². The van der Waals surface area contributed by atoms with E-state index in [9.17, 15) is 14.4 Å². The van der Waals surface area contributed by atoms with Crippen LogP contribution in [0.15, 0.2) is 18.2 Å². The minimum atomic E-state index is -0.295. The van der Waals surface area contributed by atoms with Crippen molar-refractivity contribution in [3.8, 4) is 5.75 Å². The number of nitrogens with one attached hydrogen (secondary N) is 1. The lowest BCUT2D eigenvalue weighted by molar-refractivity contribution is -0.125. The maximum absolute atomic E-state index is 12.6. The summed E-state index contributed by atoms with van der Waals surface area (Å²) in [5.74, 6) is -0.0808. The molecule has 0 aliphatic carbocycles. The molecular formula is C19H26N4O4. The molecule has 2 heterocycles. The van der Waals surface area contributed by atoms with E-state index in [1.807, 2.05) is 23.9 Å². The van der Waals surface area contributed by atoms with Gasteiger partial charge in [0.2, 0.25) is 5.91 Å². The quantitative estimate of drug-likeness (QED) is 0.776. The molecule has 8 heteroatoms. The molecule has 0 unspecified atom stereocenters. The van der Waals surface area contributed by atoms with Crippen LogP contribution in [0.5, 0.6) is 5.75 Å². The van der Waals surface area contributed by atoms with E-state index in [1.54, 1.807) is 18.2 Å². The SMILES string of the molecule is CN(C)CCNC(=O)CN1C(=O)COc2ccc(C(=O)N3CCCC3)cc21. The summed E-state index contributed by atoms with van der Waals surface area (Å²) < 4.78 is 5.47. The van der Waals surface area contributed by atoms with Gasteiger partial charge < -0.3 is 19.9 Å². The fraction of sp³-hybridized carbons (Fsp3) is 0.526. The van der Waals surface area contributed by atoms with Crippen LogP contribution >= 0.6 is 0 Å². The molecule has 1 aromatic rings. The number of anilines is 1. The lowest BCUT2D eigenvalue weighted by Crippen LogP contribution is -2.46. The fourth-order valence-electron chi connectivity index (χ4n) is 3.23. The van der Waals surface area contributed by atoms with Gasteiger partial charge in [0.15, 0.2) is 6.61 Å². The van der Waals surface area contributed by atoms with E-state index in [2.05, 4.69) is 5.32 Å². The molecule has 0 saturated carbocycles. The van der Waals surface area contributed by atoms with Crippen molar-refractivity contribution in [3.63, 3.8) is 0 Å². The van der Waals surface area contributed by atoms with Crippen molar-refractivity contribution >= 4 is 23.4 Å². The van der Waals surface area contributed by atoms with Crippen LogP contribution in [-0.4, -0.2) is 80.9 Å². The van der Waals surface area contributed by atoms with E-state index in [-0.39, 0.29) is 30.9 Å². The first-order valence-electron chi connectivity index (χ1n) is 9.23. The zero-order valence-electron chi connectivity index (χ0n) is 15.9. The Morgan fingerprint density at radius 3 is 2.67 bits per heavy atom. The molecule has 27 heavy (non-hydrogen) atoms. The van der Waals surface area contributed by atoms with Crippen molar-refractivity contribution in [2.45, 2.75) is 12.8 Å². The topological polar surface area (TPSA) is 82.2 Å². The van der Waals surface area contributed by atoms with Gasteiger partial charge in [-0.1, -0.05) is 0 Å². The standard InChI is InChI=1S/C19H26N4O4/c1-21(2)10-7-20-17(24)12-23-15-11-14(19(26)22-8-3-4-9-22)5-6-16(15)27-13-18(23)25/h5-6,11H,3-4,7-10,12-13H2,1-2H3,(H,20,24). The lowest BCUT2D eigenvalue weighted by atomic mass is 10.1. The van der Waals surface area contributed by atoms with Crippen molar-refractivity contribution in [1.29, 1.82) is 0 Å². The minimum absolute atomic E-state index is 0.0521. The van der Waals surface area contributed by atoms with Crippen molar-refractivity contribution in [2.75, 3.05) is 58.3 Å². The lowest BCUT2D eigenvalue weighted by Gasteiger charge is -2.29. The van der Waals surface area contributed by atoms with Crippen LogP contribution in [0.3, 0.4) is 0 Å². The van der Waals surface area contributed by atoms with Crippen LogP contribution in [0.25, 0.3) is 0 Å². The first-order chi connectivity index (χ1) is 13.0. The molecule has 3 rings (SSSR count). The second-order valence-corrected chi connectivity index (χ2v) is 7.10. The first kappa shape index (κ1) is 19.2. The van der Waals surface area contributed by atoms with Gasteiger partial charge in [-0.2, -0.15) is 0 Å². The number of carbonyl (C=O) groups excluding carboxylic acids is 3. The molecule has 1 aromatic carbocycles. The van der Waals surface area contributed by atoms with Crippen LogP contribution in [0.1, 0.15) is 23.2 Å². The Balaban J connectivity index is 1.74. The second-order valence-electron chi connectivity index (χ2n) is 7.10. The van der Waals surface area contributed by atoms with Crippen molar-refractivity contribution in [2.24, 2.45) is 0 Å². The number of hydrogen-bond donors (Lipinski definition) is 1. The number of likely N-dealkylation sites (N-methyl/N-ethyl adjacent to an activating group) is 1. The number of likely N-dealkylation sites (tertiary alicyclic amines) is 1. The normalized spacial score (nSPS) is 16.3. The molecule has 0 atom stereocenters. The molecule has 1 saturated heterocycles. The number of nitrogens with zero attached hydrogens (tertiary/aromatic N) is 3. The van der Waals surface area contributed by atoms with Crippen LogP contribution < -0.4 is 15.0 Å². The molecule has 146 valence electrons. The number of carbonyl (C=O) groups is 3. The summed E-state index contributed by atoms with van der Waals surface area (Å²) in [6.07, 6.45) is 2.02. The Kier molecular flexibility index (Phi) is 5.95. The number of benzene rings is 1. The zero-order valence-corrected chi connectivity index (χ0v) is 15.9. The van der Waals surface area contributed by atoms with Gasteiger partial charge in [-0.15, -0.1) is 0 Å². The molecule has 0 aromatic heterocycles. The van der Waals surface area contributed by atoms with Gasteiger partial charge in [0.05, 0.1) is 5.69 Å². The molecular weight excluding hydrogens is 348 g/mol. The molecule has 3 amide bonds. The highest BCUT2D eigenvalue weighted by Gasteiger charge is 2.29. The average Bonchev–Trinajstić information content (AvgIpc) is 3.17. The third kappa shape index (κ3) is 4.57. The predicted octanol–water partition coefficient (Wildman–Crippen LogP) is 0.326. The summed E-state index contributed by atoms with van der Waals surface area (Å²) >= 11 is 0. The molecule has 1 N–H and O–H groups in total. The zero-order chi connectivity index (χ0) is 19.4. The average molecular weight is 374 g/mol. The van der Waals surface area contributed by atoms with E-state index < -0.39 is 0 Å². The second kappa shape index (κ2) is 8.39. The number of hydrogen-bond acceptors (Lipinski definition) is 5. The minimum Gasteiger partial charge on any atom is -0.482 e. The summed E-state index contributed by atoms with van der Waals surface area (Å²) in [6, 6.07) is 5.06. The molecule has 0 spiro atoms. The van der Waals surface area contributed by atoms with Gasteiger partial charge in [-0.25, -0.2) is 0 Å². The summed E-state index contributed by atoms with van der Waals surface area (Å²) in [7, 11) is 3.85. The Hall–Kier alpha value is -2.61. The number of ether oxygens (including phenoxy) is 1. The van der Waals surface area contributed by atoms with Gasteiger partial charge >= 0.3 is 0 Å². The van der Waals surface area contributed by atoms with Gasteiger partial charge in [0.25, 0.3) is 11.8 Å². The van der Waals surface area contributed by atoms with Crippen molar-refractivity contribution < 1.29 is 19.1 Å². The number of rotatable bonds is 6. The maximum Gasteiger partial charge on any atom is 0.265 e. The Morgan fingerprint density at radius 1 is 1.22 bits per heavy atom. The maximum atomic E-state index is 12.6. The van der Waals surface area contributed by atoms with E-state index in [0.717, 1.165) is 25.9 Å². The summed E-state index contributed by atoms with van der Waals surface area (Å²) in [4.78, 5) is 42.4. The number of fused-ring (bicyclic) bond motifs is 1. The highest BCUT2D eigenvalue weighted by Crippen LogP contribution is 2.33. The highest BCUT2D eigenvalue weighted by molar-refractivity contribution is 6.04. The largest absolute Gasteiger partial charge is 0.482 e. The monoisotopic (exact) mass is 374 g/mol. The van der Waals surface area contributed by atoms with Crippen LogP contribution in [-0.2, 0) is 9.59 Å².